The van der Waals surface area contributed by atoms with E-state index in [1.165, 1.54) is 0 Å². The average Bonchev–Trinajstić information content (AvgIpc) is 2.94. The lowest BCUT2D eigenvalue weighted by Crippen LogP contribution is -2.42. The van der Waals surface area contributed by atoms with Crippen LogP contribution in [0.25, 0.3) is 0 Å². The molecule has 0 bridgehead atoms. The first-order valence-electron chi connectivity index (χ1n) is 6.70. The minimum Gasteiger partial charge on any atom is -0.481 e. The van der Waals surface area contributed by atoms with Crippen LogP contribution < -0.4 is 0 Å². The van der Waals surface area contributed by atoms with Crippen LogP contribution in [0.4, 0.5) is 0 Å². The number of carboxylic acid groups (broad SMARTS) is 1. The van der Waals surface area contributed by atoms with Crippen molar-refractivity contribution >= 4 is 5.97 Å². The molecule has 0 spiro atoms. The third-order valence-electron chi connectivity index (χ3n) is 3.75. The molecule has 0 aliphatic carbocycles. The monoisotopic (exact) mass is 274 g/mol. The fourth-order valence-corrected chi connectivity index (χ4v) is 2.59. The van der Waals surface area contributed by atoms with Gasteiger partial charge in [-0.15, -0.1) is 0 Å². The largest absolute Gasteiger partial charge is 0.481 e. The van der Waals surface area contributed by atoms with Crippen molar-refractivity contribution in [1.82, 2.24) is 4.90 Å². The highest BCUT2D eigenvalue weighted by Gasteiger charge is 2.37. The third-order valence-corrected chi connectivity index (χ3v) is 3.75. The number of nitriles is 1. The molecule has 106 valence electrons. The fraction of sp³-hybridized carbons (Fsp3) is 0.467. The van der Waals surface area contributed by atoms with Gasteiger partial charge in [-0.3, -0.25) is 9.69 Å². The predicted molar refractivity (Wildman–Crippen MR) is 73.0 cm³/mol. The van der Waals surface area contributed by atoms with Crippen LogP contribution in [0, 0.1) is 17.2 Å². The third kappa shape index (κ3) is 2.98. The van der Waals surface area contributed by atoms with Crippen LogP contribution in [-0.4, -0.2) is 41.8 Å². The molecule has 2 unspecified atom stereocenters. The Kier molecular flexibility index (Phi) is 4.72. The van der Waals surface area contributed by atoms with E-state index in [4.69, 9.17) is 10.00 Å². The quantitative estimate of drug-likeness (QED) is 0.880. The summed E-state index contributed by atoms with van der Waals surface area (Å²) in [6, 6.07) is 9.45. The summed E-state index contributed by atoms with van der Waals surface area (Å²) in [4.78, 5) is 13.3. The zero-order valence-electron chi connectivity index (χ0n) is 11.5. The van der Waals surface area contributed by atoms with E-state index < -0.39 is 11.9 Å². The lowest BCUT2D eigenvalue weighted by molar-refractivity contribution is -0.143. The summed E-state index contributed by atoms with van der Waals surface area (Å²) in [5.41, 5.74) is 1.56. The molecule has 0 amide bonds. The molecule has 0 saturated carbocycles. The van der Waals surface area contributed by atoms with Crippen molar-refractivity contribution in [1.29, 1.82) is 5.26 Å². The SMILES string of the molecule is CCN(Cc1ccccc1C#N)C1COCC1C(=O)O. The molecular weight excluding hydrogens is 256 g/mol. The average molecular weight is 274 g/mol. The topological polar surface area (TPSA) is 73.6 Å². The normalized spacial score (nSPS) is 21.9. The molecule has 2 rings (SSSR count). The van der Waals surface area contributed by atoms with Crippen LogP contribution in [0.2, 0.25) is 0 Å². The van der Waals surface area contributed by atoms with E-state index in [1.807, 2.05) is 25.1 Å². The van der Waals surface area contributed by atoms with Crippen molar-refractivity contribution in [2.24, 2.45) is 5.92 Å². The molecule has 2 atom stereocenters. The van der Waals surface area contributed by atoms with Gasteiger partial charge in [0.05, 0.1) is 30.8 Å². The summed E-state index contributed by atoms with van der Waals surface area (Å²) in [6.45, 7) is 3.97. The number of hydrogen-bond acceptors (Lipinski definition) is 4. The summed E-state index contributed by atoms with van der Waals surface area (Å²) < 4.78 is 5.32. The molecule has 1 heterocycles. The number of likely N-dealkylation sites (N-methyl/N-ethyl adjacent to an activating group) is 1. The van der Waals surface area contributed by atoms with Gasteiger partial charge in [0.2, 0.25) is 0 Å². The highest BCUT2D eigenvalue weighted by molar-refractivity contribution is 5.71. The lowest BCUT2D eigenvalue weighted by atomic mass is 10.0. The molecule has 0 aromatic heterocycles. The number of aliphatic carboxylic acids is 1. The summed E-state index contributed by atoms with van der Waals surface area (Å²) >= 11 is 0. The van der Waals surface area contributed by atoms with Gasteiger partial charge >= 0.3 is 5.97 Å². The molecule has 5 heteroatoms. The highest BCUT2D eigenvalue weighted by atomic mass is 16.5. The second kappa shape index (κ2) is 6.51. The first-order valence-corrected chi connectivity index (χ1v) is 6.70. The molecule has 5 nitrogen and oxygen atoms in total. The minimum atomic E-state index is -0.820. The molecule has 1 aliphatic heterocycles. The van der Waals surface area contributed by atoms with E-state index >= 15 is 0 Å². The van der Waals surface area contributed by atoms with Crippen molar-refractivity contribution in [3.8, 4) is 6.07 Å². The maximum absolute atomic E-state index is 11.2. The Morgan fingerprint density at radius 3 is 2.90 bits per heavy atom. The van der Waals surface area contributed by atoms with Gasteiger partial charge in [-0.05, 0) is 18.2 Å². The minimum absolute atomic E-state index is 0.135. The van der Waals surface area contributed by atoms with Crippen LogP contribution in [0.15, 0.2) is 24.3 Å². The molecule has 1 aromatic rings. The van der Waals surface area contributed by atoms with Crippen molar-refractivity contribution in [3.63, 3.8) is 0 Å². The van der Waals surface area contributed by atoms with Gasteiger partial charge in [0.25, 0.3) is 0 Å². The molecule has 1 fully saturated rings. The van der Waals surface area contributed by atoms with Crippen molar-refractivity contribution in [2.75, 3.05) is 19.8 Å². The van der Waals surface area contributed by atoms with Crippen LogP contribution in [0.5, 0.6) is 0 Å². The summed E-state index contributed by atoms with van der Waals surface area (Å²) in [5, 5.41) is 18.4. The van der Waals surface area contributed by atoms with Crippen LogP contribution in [0.1, 0.15) is 18.1 Å². The number of ether oxygens (including phenoxy) is 1. The Labute approximate surface area is 118 Å². The molecule has 0 radical (unpaired) electrons. The van der Waals surface area contributed by atoms with Crippen molar-refractivity contribution in [2.45, 2.75) is 19.5 Å². The molecule has 1 aliphatic rings. The maximum atomic E-state index is 11.2. The van der Waals surface area contributed by atoms with E-state index in [9.17, 15) is 9.90 Å². The lowest BCUT2D eigenvalue weighted by Gasteiger charge is -2.29. The van der Waals surface area contributed by atoms with Gasteiger partial charge < -0.3 is 9.84 Å². The number of benzene rings is 1. The van der Waals surface area contributed by atoms with Crippen molar-refractivity contribution < 1.29 is 14.6 Å². The van der Waals surface area contributed by atoms with E-state index in [2.05, 4.69) is 11.0 Å². The van der Waals surface area contributed by atoms with Gasteiger partial charge in [0, 0.05) is 12.6 Å². The Hall–Kier alpha value is -1.90. The Morgan fingerprint density at radius 2 is 2.25 bits per heavy atom. The van der Waals surface area contributed by atoms with Crippen LogP contribution in [-0.2, 0) is 16.1 Å². The van der Waals surface area contributed by atoms with Gasteiger partial charge in [0.15, 0.2) is 0 Å². The zero-order chi connectivity index (χ0) is 14.5. The van der Waals surface area contributed by atoms with E-state index in [0.717, 1.165) is 12.1 Å². The Bertz CT molecular complexity index is 524. The van der Waals surface area contributed by atoms with E-state index in [1.54, 1.807) is 6.07 Å². The van der Waals surface area contributed by atoms with Crippen molar-refractivity contribution in [3.05, 3.63) is 35.4 Å². The Morgan fingerprint density at radius 1 is 1.50 bits per heavy atom. The second-order valence-corrected chi connectivity index (χ2v) is 4.88. The number of hydrogen-bond donors (Lipinski definition) is 1. The zero-order valence-corrected chi connectivity index (χ0v) is 11.5. The maximum Gasteiger partial charge on any atom is 0.310 e. The predicted octanol–water partition coefficient (Wildman–Crippen LogP) is 1.48. The van der Waals surface area contributed by atoms with Gasteiger partial charge in [-0.1, -0.05) is 25.1 Å². The van der Waals surface area contributed by atoms with E-state index in [-0.39, 0.29) is 12.6 Å². The standard InChI is InChI=1S/C15H18N2O3/c1-2-17(14-10-20-9-13(14)15(18)19)8-12-6-4-3-5-11(12)7-16/h3-6,13-14H,2,8-10H2,1H3,(H,18,19). The molecule has 1 saturated heterocycles. The van der Waals surface area contributed by atoms with Gasteiger partial charge in [-0.25, -0.2) is 0 Å². The number of rotatable bonds is 5. The number of nitrogens with zero attached hydrogens (tertiary/aromatic N) is 2. The van der Waals surface area contributed by atoms with E-state index in [0.29, 0.717) is 18.7 Å². The second-order valence-electron chi connectivity index (χ2n) is 4.88. The molecule has 1 aromatic carbocycles. The smallest absolute Gasteiger partial charge is 0.310 e. The van der Waals surface area contributed by atoms with Crippen LogP contribution in [0.3, 0.4) is 0 Å². The first kappa shape index (κ1) is 14.5. The first-order chi connectivity index (χ1) is 9.67. The summed E-state index contributed by atoms with van der Waals surface area (Å²) in [6.07, 6.45) is 0. The Balaban J connectivity index is 2.17. The van der Waals surface area contributed by atoms with Gasteiger partial charge in [0.1, 0.15) is 0 Å². The molecular formula is C15H18N2O3. The number of carboxylic acids is 1. The highest BCUT2D eigenvalue weighted by Crippen LogP contribution is 2.22. The summed E-state index contributed by atoms with van der Waals surface area (Å²) in [5.74, 6) is -1.32. The van der Waals surface area contributed by atoms with Gasteiger partial charge in [-0.2, -0.15) is 5.26 Å². The molecule has 20 heavy (non-hydrogen) atoms. The number of carbonyl (C=O) groups is 1. The molecule has 1 N–H and O–H groups in total. The summed E-state index contributed by atoms with van der Waals surface area (Å²) in [7, 11) is 0. The fourth-order valence-electron chi connectivity index (χ4n) is 2.59. The van der Waals surface area contributed by atoms with Crippen LogP contribution >= 0.6 is 0 Å².